The second kappa shape index (κ2) is 8.03. The van der Waals surface area contributed by atoms with Crippen LogP contribution in [0.25, 0.3) is 0 Å². The Bertz CT molecular complexity index is 778. The van der Waals surface area contributed by atoms with Gasteiger partial charge in [0.2, 0.25) is 5.91 Å². The Morgan fingerprint density at radius 2 is 1.84 bits per heavy atom. The fourth-order valence-corrected chi connectivity index (χ4v) is 2.90. The van der Waals surface area contributed by atoms with E-state index in [1.807, 2.05) is 12.1 Å². The van der Waals surface area contributed by atoms with Crippen LogP contribution in [-0.4, -0.2) is 31.6 Å². The van der Waals surface area contributed by atoms with E-state index in [1.165, 1.54) is 0 Å². The van der Waals surface area contributed by atoms with Crippen LogP contribution in [-0.2, 0) is 9.53 Å². The number of rotatable bonds is 6. The van der Waals surface area contributed by atoms with E-state index in [2.05, 4.69) is 0 Å². The Morgan fingerprint density at radius 1 is 1.08 bits per heavy atom. The molecule has 0 bridgehead atoms. The van der Waals surface area contributed by atoms with Gasteiger partial charge in [0.1, 0.15) is 19.0 Å². The summed E-state index contributed by atoms with van der Waals surface area (Å²) in [6.07, 6.45) is 1.31. The number of hydrogen-bond donors (Lipinski definition) is 0. The zero-order valence-electron chi connectivity index (χ0n) is 13.6. The van der Waals surface area contributed by atoms with Crippen LogP contribution in [0.2, 0.25) is 5.02 Å². The Hall–Kier alpha value is -2.53. The summed E-state index contributed by atoms with van der Waals surface area (Å²) in [5.74, 6) is 0.101. The number of para-hydroxylation sites is 2. The van der Waals surface area contributed by atoms with Crippen molar-refractivity contribution in [1.29, 1.82) is 0 Å². The number of hydrogen-bond acceptors (Lipinski definition) is 4. The molecule has 130 valence electrons. The summed E-state index contributed by atoms with van der Waals surface area (Å²) in [6, 6.07) is 14.1. The van der Waals surface area contributed by atoms with Gasteiger partial charge in [-0.2, -0.15) is 0 Å². The van der Waals surface area contributed by atoms with E-state index < -0.39 is 5.97 Å². The zero-order chi connectivity index (χ0) is 17.6. The molecule has 0 atom stereocenters. The third kappa shape index (κ3) is 4.12. The average Bonchev–Trinajstić information content (AvgIpc) is 3.06. The largest absolute Gasteiger partial charge is 0.488 e. The van der Waals surface area contributed by atoms with Crippen molar-refractivity contribution >= 4 is 29.2 Å². The van der Waals surface area contributed by atoms with Gasteiger partial charge in [0.25, 0.3) is 0 Å². The highest BCUT2D eigenvalue weighted by Gasteiger charge is 2.26. The second-order valence-electron chi connectivity index (χ2n) is 5.58. The van der Waals surface area contributed by atoms with Crippen molar-refractivity contribution in [3.63, 3.8) is 0 Å². The van der Waals surface area contributed by atoms with Crippen molar-refractivity contribution < 1.29 is 19.1 Å². The van der Waals surface area contributed by atoms with E-state index >= 15 is 0 Å². The zero-order valence-corrected chi connectivity index (χ0v) is 14.4. The van der Waals surface area contributed by atoms with E-state index in [0.717, 1.165) is 6.42 Å². The molecular formula is C19H18ClNO4. The Balaban J connectivity index is 1.58. The lowest BCUT2D eigenvalue weighted by Gasteiger charge is -2.19. The molecule has 1 saturated heterocycles. The van der Waals surface area contributed by atoms with Crippen LogP contribution in [0.3, 0.4) is 0 Å². The molecule has 0 aromatic heterocycles. The number of esters is 1. The highest BCUT2D eigenvalue weighted by Crippen LogP contribution is 2.26. The van der Waals surface area contributed by atoms with Crippen molar-refractivity contribution in [2.24, 2.45) is 0 Å². The molecule has 3 rings (SSSR count). The maximum absolute atomic E-state index is 12.4. The molecule has 0 aliphatic carbocycles. The van der Waals surface area contributed by atoms with Crippen LogP contribution >= 0.6 is 11.6 Å². The summed E-state index contributed by atoms with van der Waals surface area (Å²) in [6.45, 7) is 0.908. The predicted molar refractivity (Wildman–Crippen MR) is 95.3 cm³/mol. The third-order valence-corrected chi connectivity index (χ3v) is 4.21. The standard InChI is InChI=1S/C19H18ClNO4/c20-15-7-2-4-9-17(15)24-12-13-25-19(23)14-6-1-3-8-16(14)21-11-5-10-18(21)22/h1-4,6-9H,5,10-13H2. The van der Waals surface area contributed by atoms with Crippen LogP contribution in [0.4, 0.5) is 5.69 Å². The molecule has 0 radical (unpaired) electrons. The summed E-state index contributed by atoms with van der Waals surface area (Å²) in [5.41, 5.74) is 0.984. The van der Waals surface area contributed by atoms with Gasteiger partial charge < -0.3 is 14.4 Å². The number of amides is 1. The third-order valence-electron chi connectivity index (χ3n) is 3.90. The molecule has 1 aliphatic rings. The quantitative estimate of drug-likeness (QED) is 0.583. The molecule has 2 aromatic carbocycles. The molecule has 0 N–H and O–H groups in total. The normalized spacial score (nSPS) is 13.8. The lowest BCUT2D eigenvalue weighted by Crippen LogP contribution is -2.26. The first kappa shape index (κ1) is 17.3. The van der Waals surface area contributed by atoms with Gasteiger partial charge in [-0.3, -0.25) is 4.79 Å². The van der Waals surface area contributed by atoms with E-state index in [1.54, 1.807) is 41.3 Å². The van der Waals surface area contributed by atoms with Gasteiger partial charge in [0.05, 0.1) is 16.3 Å². The summed E-state index contributed by atoms with van der Waals surface area (Å²) in [5, 5.41) is 0.506. The fourth-order valence-electron chi connectivity index (χ4n) is 2.71. The highest BCUT2D eigenvalue weighted by atomic mass is 35.5. The molecule has 6 heteroatoms. The molecule has 0 spiro atoms. The monoisotopic (exact) mass is 359 g/mol. The molecule has 5 nitrogen and oxygen atoms in total. The van der Waals surface area contributed by atoms with Crippen molar-refractivity contribution in [2.75, 3.05) is 24.7 Å². The number of nitrogens with zero attached hydrogens (tertiary/aromatic N) is 1. The number of halogens is 1. The van der Waals surface area contributed by atoms with Gasteiger partial charge in [-0.15, -0.1) is 0 Å². The van der Waals surface area contributed by atoms with Crippen molar-refractivity contribution in [3.8, 4) is 5.75 Å². The molecular weight excluding hydrogens is 342 g/mol. The maximum atomic E-state index is 12.4. The first-order chi connectivity index (χ1) is 12.2. The van der Waals surface area contributed by atoms with Gasteiger partial charge in [-0.1, -0.05) is 35.9 Å². The highest BCUT2D eigenvalue weighted by molar-refractivity contribution is 6.32. The SMILES string of the molecule is O=C(OCCOc1ccccc1Cl)c1ccccc1N1CCCC1=O. The molecule has 25 heavy (non-hydrogen) atoms. The minimum atomic E-state index is -0.474. The minimum Gasteiger partial charge on any atom is -0.488 e. The van der Waals surface area contributed by atoms with Crippen LogP contribution in [0.15, 0.2) is 48.5 Å². The molecule has 0 unspecified atom stereocenters. The lowest BCUT2D eigenvalue weighted by atomic mass is 10.1. The first-order valence-corrected chi connectivity index (χ1v) is 8.48. The lowest BCUT2D eigenvalue weighted by molar-refractivity contribution is -0.117. The van der Waals surface area contributed by atoms with E-state index in [0.29, 0.717) is 35.0 Å². The van der Waals surface area contributed by atoms with Crippen molar-refractivity contribution in [3.05, 3.63) is 59.1 Å². The summed E-state index contributed by atoms with van der Waals surface area (Å²) >= 11 is 6.00. The smallest absolute Gasteiger partial charge is 0.340 e. The minimum absolute atomic E-state index is 0.0299. The number of carbonyl (C=O) groups excluding carboxylic acids is 2. The number of benzene rings is 2. The summed E-state index contributed by atoms with van der Waals surface area (Å²) < 4.78 is 10.8. The molecule has 1 aliphatic heterocycles. The summed E-state index contributed by atoms with van der Waals surface area (Å²) in [4.78, 5) is 25.9. The summed E-state index contributed by atoms with van der Waals surface area (Å²) in [7, 11) is 0. The Kier molecular flexibility index (Phi) is 5.56. The van der Waals surface area contributed by atoms with Crippen LogP contribution in [0.1, 0.15) is 23.2 Å². The number of ether oxygens (including phenoxy) is 2. The molecule has 1 amide bonds. The number of anilines is 1. The van der Waals surface area contributed by atoms with Gasteiger partial charge in [0, 0.05) is 13.0 Å². The Labute approximate surface area is 151 Å². The molecule has 1 heterocycles. The predicted octanol–water partition coefficient (Wildman–Crippen LogP) is 3.70. The molecule has 2 aromatic rings. The second-order valence-corrected chi connectivity index (χ2v) is 5.99. The molecule has 0 saturated carbocycles. The van der Waals surface area contributed by atoms with Crippen molar-refractivity contribution in [2.45, 2.75) is 12.8 Å². The van der Waals surface area contributed by atoms with Crippen LogP contribution in [0, 0.1) is 0 Å². The van der Waals surface area contributed by atoms with E-state index in [4.69, 9.17) is 21.1 Å². The molecule has 1 fully saturated rings. The Morgan fingerprint density at radius 3 is 2.60 bits per heavy atom. The van der Waals surface area contributed by atoms with Crippen LogP contribution < -0.4 is 9.64 Å². The van der Waals surface area contributed by atoms with Crippen LogP contribution in [0.5, 0.6) is 5.75 Å². The van der Waals surface area contributed by atoms with Crippen molar-refractivity contribution in [1.82, 2.24) is 0 Å². The number of carbonyl (C=O) groups is 2. The first-order valence-electron chi connectivity index (χ1n) is 8.10. The maximum Gasteiger partial charge on any atom is 0.340 e. The van der Waals surface area contributed by atoms with Gasteiger partial charge >= 0.3 is 5.97 Å². The van der Waals surface area contributed by atoms with Gasteiger partial charge in [-0.25, -0.2) is 4.79 Å². The van der Waals surface area contributed by atoms with E-state index in [9.17, 15) is 9.59 Å². The van der Waals surface area contributed by atoms with E-state index in [-0.39, 0.29) is 19.1 Å². The van der Waals surface area contributed by atoms with Gasteiger partial charge in [-0.05, 0) is 30.7 Å². The fraction of sp³-hybridized carbons (Fsp3) is 0.263. The van der Waals surface area contributed by atoms with Gasteiger partial charge in [0.15, 0.2) is 0 Å². The topological polar surface area (TPSA) is 55.8 Å². The average molecular weight is 360 g/mol.